The van der Waals surface area contributed by atoms with Crippen molar-refractivity contribution in [2.75, 3.05) is 17.6 Å². The zero-order valence-electron chi connectivity index (χ0n) is 9.70. The molecule has 0 spiro atoms. The lowest BCUT2D eigenvalue weighted by atomic mass is 10.3. The number of hydrogen-bond acceptors (Lipinski definition) is 2. The topological polar surface area (TPSA) is 12.0 Å². The van der Waals surface area contributed by atoms with Gasteiger partial charge in [0.05, 0.1) is 0 Å². The van der Waals surface area contributed by atoms with Crippen LogP contribution in [-0.4, -0.2) is 12.3 Å². The first-order valence-electron chi connectivity index (χ1n) is 5.62. The molecular weight excluding hydrogens is 252 g/mol. The van der Waals surface area contributed by atoms with Crippen molar-refractivity contribution in [3.05, 3.63) is 60.2 Å². The molecule has 0 aliphatic carbocycles. The third kappa shape index (κ3) is 4.04. The first-order chi connectivity index (χ1) is 8.74. The standard InChI is InChI=1S/C14H13F2NS/c15-11-8-12(16)10-13(9-11)17-6-7-18-14-4-2-1-3-5-14/h1-5,8-10,17H,6-7H2. The van der Waals surface area contributed by atoms with E-state index in [2.05, 4.69) is 5.32 Å². The Morgan fingerprint density at radius 1 is 0.944 bits per heavy atom. The van der Waals surface area contributed by atoms with Crippen LogP contribution in [0.15, 0.2) is 53.4 Å². The number of halogens is 2. The van der Waals surface area contributed by atoms with Gasteiger partial charge in [-0.25, -0.2) is 8.78 Å². The maximum atomic E-state index is 12.9. The van der Waals surface area contributed by atoms with E-state index in [0.29, 0.717) is 12.2 Å². The van der Waals surface area contributed by atoms with E-state index in [0.717, 1.165) is 11.8 Å². The summed E-state index contributed by atoms with van der Waals surface area (Å²) < 4.78 is 25.8. The fraction of sp³-hybridized carbons (Fsp3) is 0.143. The molecule has 0 bridgehead atoms. The van der Waals surface area contributed by atoms with Crippen LogP contribution < -0.4 is 5.32 Å². The summed E-state index contributed by atoms with van der Waals surface area (Å²) in [5.74, 6) is -0.288. The van der Waals surface area contributed by atoms with Crippen molar-refractivity contribution in [2.24, 2.45) is 0 Å². The SMILES string of the molecule is Fc1cc(F)cc(NCCSc2ccccc2)c1. The molecule has 0 radical (unpaired) electrons. The number of anilines is 1. The van der Waals surface area contributed by atoms with E-state index >= 15 is 0 Å². The Hall–Kier alpha value is -1.55. The minimum atomic E-state index is -0.562. The molecule has 0 atom stereocenters. The van der Waals surface area contributed by atoms with Crippen LogP contribution in [0.3, 0.4) is 0 Å². The van der Waals surface area contributed by atoms with Crippen molar-refractivity contribution in [1.82, 2.24) is 0 Å². The van der Waals surface area contributed by atoms with Crippen molar-refractivity contribution >= 4 is 17.4 Å². The Morgan fingerprint density at radius 2 is 1.61 bits per heavy atom. The maximum absolute atomic E-state index is 12.9. The lowest BCUT2D eigenvalue weighted by Gasteiger charge is -2.06. The number of rotatable bonds is 5. The van der Waals surface area contributed by atoms with Crippen molar-refractivity contribution in [1.29, 1.82) is 0 Å². The minimum absolute atomic E-state index is 0.473. The smallest absolute Gasteiger partial charge is 0.128 e. The molecular formula is C14H13F2NS. The largest absolute Gasteiger partial charge is 0.384 e. The molecule has 94 valence electrons. The van der Waals surface area contributed by atoms with Gasteiger partial charge in [0.2, 0.25) is 0 Å². The van der Waals surface area contributed by atoms with Gasteiger partial charge in [-0.2, -0.15) is 0 Å². The van der Waals surface area contributed by atoms with Crippen LogP contribution in [0.1, 0.15) is 0 Å². The molecule has 0 unspecified atom stereocenters. The number of hydrogen-bond donors (Lipinski definition) is 1. The third-order valence-corrected chi connectivity index (χ3v) is 3.32. The molecule has 1 nitrogen and oxygen atoms in total. The van der Waals surface area contributed by atoms with E-state index in [1.807, 2.05) is 30.3 Å². The molecule has 18 heavy (non-hydrogen) atoms. The van der Waals surface area contributed by atoms with Gasteiger partial charge in [-0.3, -0.25) is 0 Å². The first kappa shape index (κ1) is 12.9. The predicted octanol–water partition coefficient (Wildman–Crippen LogP) is 4.17. The Morgan fingerprint density at radius 3 is 2.28 bits per heavy atom. The lowest BCUT2D eigenvalue weighted by molar-refractivity contribution is 0.584. The van der Waals surface area contributed by atoms with Crippen LogP contribution >= 0.6 is 11.8 Å². The van der Waals surface area contributed by atoms with Crippen LogP contribution in [0.5, 0.6) is 0 Å². The predicted molar refractivity (Wildman–Crippen MR) is 72.0 cm³/mol. The van der Waals surface area contributed by atoms with Gasteiger partial charge in [0.1, 0.15) is 11.6 Å². The zero-order chi connectivity index (χ0) is 12.8. The van der Waals surface area contributed by atoms with E-state index in [1.54, 1.807) is 11.8 Å². The van der Waals surface area contributed by atoms with Gasteiger partial charge in [-0.15, -0.1) is 11.8 Å². The summed E-state index contributed by atoms with van der Waals surface area (Å²) in [7, 11) is 0. The van der Waals surface area contributed by atoms with Crippen LogP contribution in [0.2, 0.25) is 0 Å². The van der Waals surface area contributed by atoms with Crippen molar-refractivity contribution < 1.29 is 8.78 Å². The molecule has 2 rings (SSSR count). The van der Waals surface area contributed by atoms with Crippen LogP contribution in [-0.2, 0) is 0 Å². The molecule has 1 N–H and O–H groups in total. The molecule has 0 fully saturated rings. The highest BCUT2D eigenvalue weighted by Gasteiger charge is 1.99. The summed E-state index contributed by atoms with van der Waals surface area (Å²) >= 11 is 1.70. The van der Waals surface area contributed by atoms with Crippen LogP contribution in [0, 0.1) is 11.6 Å². The Kier molecular flexibility index (Phi) is 4.59. The quantitative estimate of drug-likeness (QED) is 0.643. The number of thioether (sulfide) groups is 1. The average Bonchev–Trinajstić information content (AvgIpc) is 2.35. The molecule has 0 aliphatic heterocycles. The first-order valence-corrected chi connectivity index (χ1v) is 6.60. The Bertz CT molecular complexity index is 482. The molecule has 2 aromatic rings. The maximum Gasteiger partial charge on any atom is 0.128 e. The highest BCUT2D eigenvalue weighted by molar-refractivity contribution is 7.99. The lowest BCUT2D eigenvalue weighted by Crippen LogP contribution is -2.04. The second-order valence-electron chi connectivity index (χ2n) is 3.75. The molecule has 0 heterocycles. The molecule has 0 amide bonds. The fourth-order valence-corrected chi connectivity index (χ4v) is 2.33. The third-order valence-electron chi connectivity index (χ3n) is 2.31. The van der Waals surface area contributed by atoms with Gasteiger partial charge in [0.25, 0.3) is 0 Å². The summed E-state index contributed by atoms with van der Waals surface area (Å²) in [5.41, 5.74) is 0.473. The van der Waals surface area contributed by atoms with E-state index in [1.165, 1.54) is 17.0 Å². The van der Waals surface area contributed by atoms with E-state index in [4.69, 9.17) is 0 Å². The Labute approximate surface area is 109 Å². The van der Waals surface area contributed by atoms with Crippen molar-refractivity contribution in [3.8, 4) is 0 Å². The van der Waals surface area contributed by atoms with Crippen LogP contribution in [0.4, 0.5) is 14.5 Å². The summed E-state index contributed by atoms with van der Waals surface area (Å²) in [6, 6.07) is 13.4. The van der Waals surface area contributed by atoms with E-state index in [9.17, 15) is 8.78 Å². The molecule has 0 saturated carbocycles. The summed E-state index contributed by atoms with van der Waals surface area (Å²) in [6.07, 6.45) is 0. The molecule has 0 aromatic heterocycles. The number of benzene rings is 2. The van der Waals surface area contributed by atoms with Gasteiger partial charge < -0.3 is 5.32 Å². The van der Waals surface area contributed by atoms with Crippen molar-refractivity contribution in [3.63, 3.8) is 0 Å². The van der Waals surface area contributed by atoms with Crippen molar-refractivity contribution in [2.45, 2.75) is 4.90 Å². The van der Waals surface area contributed by atoms with E-state index < -0.39 is 11.6 Å². The van der Waals surface area contributed by atoms with Gasteiger partial charge in [-0.1, -0.05) is 18.2 Å². The van der Waals surface area contributed by atoms with Gasteiger partial charge in [0, 0.05) is 28.9 Å². The zero-order valence-corrected chi connectivity index (χ0v) is 10.5. The summed E-state index contributed by atoms with van der Waals surface area (Å²) in [4.78, 5) is 1.18. The second kappa shape index (κ2) is 6.40. The van der Waals surface area contributed by atoms with E-state index in [-0.39, 0.29) is 0 Å². The molecule has 4 heteroatoms. The second-order valence-corrected chi connectivity index (χ2v) is 4.91. The molecule has 2 aromatic carbocycles. The highest BCUT2D eigenvalue weighted by Crippen LogP contribution is 2.17. The monoisotopic (exact) mass is 265 g/mol. The highest BCUT2D eigenvalue weighted by atomic mass is 32.2. The average molecular weight is 265 g/mol. The minimum Gasteiger partial charge on any atom is -0.384 e. The summed E-state index contributed by atoms with van der Waals surface area (Å²) in [5, 5.41) is 3.00. The molecule has 0 aliphatic rings. The summed E-state index contributed by atoms with van der Waals surface area (Å²) in [6.45, 7) is 0.655. The fourth-order valence-electron chi connectivity index (χ4n) is 1.54. The van der Waals surface area contributed by atoms with Gasteiger partial charge in [0.15, 0.2) is 0 Å². The normalized spacial score (nSPS) is 10.3. The van der Waals surface area contributed by atoms with Gasteiger partial charge >= 0.3 is 0 Å². The molecule has 0 saturated heterocycles. The van der Waals surface area contributed by atoms with Crippen LogP contribution in [0.25, 0.3) is 0 Å². The number of nitrogens with one attached hydrogen (secondary N) is 1. The van der Waals surface area contributed by atoms with Gasteiger partial charge in [-0.05, 0) is 24.3 Å². The Balaban J connectivity index is 1.78.